The Kier molecular flexibility index (Phi) is 4.14. The molecule has 0 aromatic carbocycles. The maximum Gasteiger partial charge on any atom is 0.408 e. The molecule has 0 aliphatic heterocycles. The molecule has 1 aromatic rings. The molecule has 0 spiro atoms. The first-order valence-electron chi connectivity index (χ1n) is 4.68. The highest BCUT2D eigenvalue weighted by molar-refractivity contribution is 4.97. The molecule has 0 aliphatic rings. The molecule has 86 valence electrons. The van der Waals surface area contributed by atoms with Crippen LogP contribution >= 0.6 is 0 Å². The van der Waals surface area contributed by atoms with Gasteiger partial charge in [-0.15, -0.1) is 0 Å². The van der Waals surface area contributed by atoms with Crippen LogP contribution in [0.3, 0.4) is 0 Å². The van der Waals surface area contributed by atoms with Gasteiger partial charge < -0.3 is 4.74 Å². The quantitative estimate of drug-likeness (QED) is 0.715. The van der Waals surface area contributed by atoms with Crippen molar-refractivity contribution in [2.75, 3.05) is 6.61 Å². The van der Waals surface area contributed by atoms with Gasteiger partial charge in [0.2, 0.25) is 0 Å². The topological polar surface area (TPSA) is 27.1 Å². The predicted octanol–water partition coefficient (Wildman–Crippen LogP) is 2.37. The second kappa shape index (κ2) is 5.16. The van der Waals surface area contributed by atoms with Crippen molar-refractivity contribution in [3.8, 4) is 0 Å². The summed E-state index contributed by atoms with van der Waals surface area (Å²) in [5.41, 5.74) is 0.521. The molecule has 0 amide bonds. The second-order valence-electron chi connectivity index (χ2n) is 3.17. The average molecular weight is 222 g/mol. The molecule has 0 saturated heterocycles. The van der Waals surface area contributed by atoms with Gasteiger partial charge in [-0.05, 0) is 12.5 Å². The molecule has 0 radical (unpaired) electrons. The van der Waals surface area contributed by atoms with Crippen LogP contribution < -0.4 is 0 Å². The number of aromatic nitrogens is 2. The number of nitrogens with zero attached hydrogens (tertiary/aromatic N) is 2. The van der Waals surface area contributed by atoms with E-state index in [-0.39, 0.29) is 6.61 Å². The monoisotopic (exact) mass is 222 g/mol. The number of hydrogen-bond donors (Lipinski definition) is 0. The molecule has 0 atom stereocenters. The van der Waals surface area contributed by atoms with E-state index in [1.807, 2.05) is 6.92 Å². The van der Waals surface area contributed by atoms with E-state index in [9.17, 15) is 13.2 Å². The summed E-state index contributed by atoms with van der Waals surface area (Å²) < 4.78 is 41.9. The first-order chi connectivity index (χ1) is 7.01. The average Bonchev–Trinajstić information content (AvgIpc) is 2.50. The zero-order valence-corrected chi connectivity index (χ0v) is 8.42. The van der Waals surface area contributed by atoms with Crippen molar-refractivity contribution >= 4 is 0 Å². The van der Waals surface area contributed by atoms with Crippen LogP contribution in [-0.4, -0.2) is 22.6 Å². The van der Waals surface area contributed by atoms with E-state index in [0.29, 0.717) is 12.3 Å². The standard InChI is InChI=1S/C9H13F3N2O/c1-2-5-15-6-8-3-4-14(13-8)7-9(10,11)12/h3-4H,2,5-7H2,1H3. The van der Waals surface area contributed by atoms with Gasteiger partial charge in [-0.3, -0.25) is 4.68 Å². The van der Waals surface area contributed by atoms with Gasteiger partial charge in [0.1, 0.15) is 6.54 Å². The Balaban J connectivity index is 2.42. The Morgan fingerprint density at radius 3 is 2.80 bits per heavy atom. The molecule has 3 nitrogen and oxygen atoms in total. The summed E-state index contributed by atoms with van der Waals surface area (Å²) >= 11 is 0. The highest BCUT2D eigenvalue weighted by atomic mass is 19.4. The van der Waals surface area contributed by atoms with Crippen LogP contribution in [0.5, 0.6) is 0 Å². The van der Waals surface area contributed by atoms with Crippen molar-refractivity contribution in [2.24, 2.45) is 0 Å². The molecular weight excluding hydrogens is 209 g/mol. The van der Waals surface area contributed by atoms with E-state index in [0.717, 1.165) is 11.1 Å². The van der Waals surface area contributed by atoms with E-state index in [1.165, 1.54) is 12.3 Å². The number of hydrogen-bond acceptors (Lipinski definition) is 2. The van der Waals surface area contributed by atoms with E-state index >= 15 is 0 Å². The summed E-state index contributed by atoms with van der Waals surface area (Å²) in [5.74, 6) is 0. The van der Waals surface area contributed by atoms with Crippen molar-refractivity contribution < 1.29 is 17.9 Å². The summed E-state index contributed by atoms with van der Waals surface area (Å²) in [5, 5.41) is 3.74. The van der Waals surface area contributed by atoms with Crippen molar-refractivity contribution in [3.05, 3.63) is 18.0 Å². The van der Waals surface area contributed by atoms with Crippen molar-refractivity contribution in [2.45, 2.75) is 32.7 Å². The van der Waals surface area contributed by atoms with E-state index in [2.05, 4.69) is 5.10 Å². The fraction of sp³-hybridized carbons (Fsp3) is 0.667. The maximum atomic E-state index is 12.0. The Bertz CT molecular complexity index is 296. The number of alkyl halides is 3. The molecule has 0 bridgehead atoms. The van der Waals surface area contributed by atoms with Gasteiger partial charge in [0.25, 0.3) is 0 Å². The molecule has 0 fully saturated rings. The Hall–Kier alpha value is -1.04. The van der Waals surface area contributed by atoms with Gasteiger partial charge in [0.15, 0.2) is 0 Å². The first-order valence-corrected chi connectivity index (χ1v) is 4.68. The van der Waals surface area contributed by atoms with Crippen molar-refractivity contribution in [3.63, 3.8) is 0 Å². The van der Waals surface area contributed by atoms with Gasteiger partial charge in [-0.25, -0.2) is 0 Å². The molecule has 0 aliphatic carbocycles. The molecule has 0 N–H and O–H groups in total. The molecule has 15 heavy (non-hydrogen) atoms. The molecule has 0 saturated carbocycles. The molecule has 6 heteroatoms. The minimum Gasteiger partial charge on any atom is -0.375 e. The van der Waals surface area contributed by atoms with Gasteiger partial charge >= 0.3 is 6.18 Å². The van der Waals surface area contributed by atoms with Crippen LogP contribution in [0.1, 0.15) is 19.0 Å². The smallest absolute Gasteiger partial charge is 0.375 e. The molecule has 1 heterocycles. The van der Waals surface area contributed by atoms with Gasteiger partial charge in [-0.1, -0.05) is 6.92 Å². The highest BCUT2D eigenvalue weighted by Crippen LogP contribution is 2.16. The lowest BCUT2D eigenvalue weighted by molar-refractivity contribution is -0.142. The lowest BCUT2D eigenvalue weighted by Crippen LogP contribution is -2.18. The van der Waals surface area contributed by atoms with Crippen LogP contribution in [-0.2, 0) is 17.9 Å². The number of halogens is 3. The first kappa shape index (κ1) is 12.0. The van der Waals surface area contributed by atoms with E-state index in [4.69, 9.17) is 4.74 Å². The van der Waals surface area contributed by atoms with Crippen LogP contribution in [0.25, 0.3) is 0 Å². The SMILES string of the molecule is CCCOCc1ccn(CC(F)(F)F)n1. The van der Waals surface area contributed by atoms with Gasteiger partial charge in [0, 0.05) is 12.8 Å². The lowest BCUT2D eigenvalue weighted by Gasteiger charge is -2.05. The van der Waals surface area contributed by atoms with E-state index < -0.39 is 12.7 Å². The van der Waals surface area contributed by atoms with Crippen molar-refractivity contribution in [1.82, 2.24) is 9.78 Å². The summed E-state index contributed by atoms with van der Waals surface area (Å²) in [6, 6.07) is 1.53. The van der Waals surface area contributed by atoms with Crippen LogP contribution in [0.15, 0.2) is 12.3 Å². The molecule has 1 aromatic heterocycles. The Morgan fingerprint density at radius 1 is 1.47 bits per heavy atom. The van der Waals surface area contributed by atoms with E-state index in [1.54, 1.807) is 0 Å². The minimum absolute atomic E-state index is 0.263. The normalized spacial score (nSPS) is 12.0. The minimum atomic E-state index is -4.23. The maximum absolute atomic E-state index is 12.0. The largest absolute Gasteiger partial charge is 0.408 e. The third kappa shape index (κ3) is 4.83. The fourth-order valence-corrected chi connectivity index (χ4v) is 1.07. The molecular formula is C9H13F3N2O. The summed E-state index contributed by atoms with van der Waals surface area (Å²) in [4.78, 5) is 0. The third-order valence-electron chi connectivity index (χ3n) is 1.64. The fourth-order valence-electron chi connectivity index (χ4n) is 1.07. The Morgan fingerprint density at radius 2 is 2.20 bits per heavy atom. The van der Waals surface area contributed by atoms with Crippen molar-refractivity contribution in [1.29, 1.82) is 0 Å². The second-order valence-corrected chi connectivity index (χ2v) is 3.17. The molecule has 0 unspecified atom stereocenters. The Labute approximate surface area is 85.8 Å². The van der Waals surface area contributed by atoms with Crippen LogP contribution in [0.2, 0.25) is 0 Å². The zero-order valence-electron chi connectivity index (χ0n) is 8.42. The summed E-state index contributed by atoms with van der Waals surface area (Å²) in [7, 11) is 0. The van der Waals surface area contributed by atoms with Gasteiger partial charge in [0.05, 0.1) is 12.3 Å². The molecule has 1 rings (SSSR count). The van der Waals surface area contributed by atoms with Crippen LogP contribution in [0, 0.1) is 0 Å². The summed E-state index contributed by atoms with van der Waals surface area (Å²) in [6.45, 7) is 1.76. The van der Waals surface area contributed by atoms with Gasteiger partial charge in [-0.2, -0.15) is 18.3 Å². The van der Waals surface area contributed by atoms with Crippen LogP contribution in [0.4, 0.5) is 13.2 Å². The predicted molar refractivity (Wildman–Crippen MR) is 48.2 cm³/mol. The number of ether oxygens (including phenoxy) is 1. The lowest BCUT2D eigenvalue weighted by atomic mass is 10.4. The number of rotatable bonds is 5. The summed E-state index contributed by atoms with van der Waals surface area (Å²) in [6.07, 6.45) is -2.05. The zero-order chi connectivity index (χ0) is 11.3. The third-order valence-corrected chi connectivity index (χ3v) is 1.64. The highest BCUT2D eigenvalue weighted by Gasteiger charge is 2.28.